The Labute approximate surface area is 124 Å². The highest BCUT2D eigenvalue weighted by molar-refractivity contribution is 5.77. The standard InChI is InChI=1S/C16H20N2O3/c1-2-18(11-15-4-3-9-20-15)16(19)12-21-14-7-5-13(10-17)6-8-14/h3-9H,2,10-12,17H2,1H3. The molecule has 1 aromatic heterocycles. The predicted molar refractivity (Wildman–Crippen MR) is 79.6 cm³/mol. The van der Waals surface area contributed by atoms with Crippen molar-refractivity contribution in [2.75, 3.05) is 13.2 Å². The van der Waals surface area contributed by atoms with Crippen molar-refractivity contribution < 1.29 is 13.9 Å². The summed E-state index contributed by atoms with van der Waals surface area (Å²) in [6.45, 7) is 3.49. The highest BCUT2D eigenvalue weighted by Crippen LogP contribution is 2.12. The van der Waals surface area contributed by atoms with Crippen LogP contribution in [0.3, 0.4) is 0 Å². The number of carbonyl (C=O) groups excluding carboxylic acids is 1. The smallest absolute Gasteiger partial charge is 0.260 e. The average molecular weight is 288 g/mol. The van der Waals surface area contributed by atoms with E-state index in [9.17, 15) is 4.79 Å². The maximum atomic E-state index is 12.1. The Hall–Kier alpha value is -2.27. The van der Waals surface area contributed by atoms with Crippen LogP contribution in [-0.4, -0.2) is 24.0 Å². The zero-order valence-electron chi connectivity index (χ0n) is 12.1. The van der Waals surface area contributed by atoms with Gasteiger partial charge in [-0.1, -0.05) is 12.1 Å². The highest BCUT2D eigenvalue weighted by Gasteiger charge is 2.14. The summed E-state index contributed by atoms with van der Waals surface area (Å²) in [5, 5.41) is 0. The van der Waals surface area contributed by atoms with Crippen molar-refractivity contribution in [2.45, 2.75) is 20.0 Å². The van der Waals surface area contributed by atoms with E-state index in [2.05, 4.69) is 0 Å². The van der Waals surface area contributed by atoms with Crippen LogP contribution in [0.15, 0.2) is 47.1 Å². The summed E-state index contributed by atoms with van der Waals surface area (Å²) in [6.07, 6.45) is 1.60. The monoisotopic (exact) mass is 288 g/mol. The van der Waals surface area contributed by atoms with Crippen LogP contribution in [0.25, 0.3) is 0 Å². The Kier molecular flexibility index (Phi) is 5.40. The van der Waals surface area contributed by atoms with E-state index >= 15 is 0 Å². The fourth-order valence-corrected chi connectivity index (χ4v) is 1.93. The number of carbonyl (C=O) groups is 1. The lowest BCUT2D eigenvalue weighted by molar-refractivity contribution is -0.134. The van der Waals surface area contributed by atoms with E-state index in [-0.39, 0.29) is 12.5 Å². The first-order chi connectivity index (χ1) is 10.2. The van der Waals surface area contributed by atoms with E-state index in [1.54, 1.807) is 11.2 Å². The van der Waals surface area contributed by atoms with Crippen LogP contribution in [0.1, 0.15) is 18.2 Å². The minimum atomic E-state index is -0.0724. The average Bonchev–Trinajstić information content (AvgIpc) is 3.03. The molecule has 21 heavy (non-hydrogen) atoms. The maximum absolute atomic E-state index is 12.1. The fourth-order valence-electron chi connectivity index (χ4n) is 1.93. The Bertz CT molecular complexity index is 549. The van der Waals surface area contributed by atoms with Gasteiger partial charge in [0.2, 0.25) is 0 Å². The quantitative estimate of drug-likeness (QED) is 0.847. The zero-order chi connectivity index (χ0) is 15.1. The first-order valence-electron chi connectivity index (χ1n) is 6.95. The van der Waals surface area contributed by atoms with Gasteiger partial charge in [0.15, 0.2) is 6.61 Å². The number of nitrogens with two attached hydrogens (primary N) is 1. The van der Waals surface area contributed by atoms with E-state index in [0.717, 1.165) is 11.3 Å². The minimum absolute atomic E-state index is 0.0104. The summed E-state index contributed by atoms with van der Waals surface area (Å²) in [7, 11) is 0. The van der Waals surface area contributed by atoms with Crippen LogP contribution in [-0.2, 0) is 17.9 Å². The number of hydrogen-bond donors (Lipinski definition) is 1. The first kappa shape index (κ1) is 15.1. The van der Waals surface area contributed by atoms with Crippen molar-refractivity contribution in [3.8, 4) is 5.75 Å². The highest BCUT2D eigenvalue weighted by atomic mass is 16.5. The van der Waals surface area contributed by atoms with Gasteiger partial charge < -0.3 is 19.8 Å². The number of ether oxygens (including phenoxy) is 1. The van der Waals surface area contributed by atoms with Gasteiger partial charge in [0.25, 0.3) is 5.91 Å². The van der Waals surface area contributed by atoms with Gasteiger partial charge in [-0.3, -0.25) is 4.79 Å². The van der Waals surface area contributed by atoms with Gasteiger partial charge in [-0.05, 0) is 36.8 Å². The molecule has 1 aromatic carbocycles. The number of amides is 1. The van der Waals surface area contributed by atoms with E-state index in [1.807, 2.05) is 43.3 Å². The van der Waals surface area contributed by atoms with Crippen LogP contribution in [0.5, 0.6) is 5.75 Å². The molecule has 0 aliphatic rings. The minimum Gasteiger partial charge on any atom is -0.484 e. The second-order valence-electron chi connectivity index (χ2n) is 4.62. The number of rotatable bonds is 7. The number of nitrogens with zero attached hydrogens (tertiary/aromatic N) is 1. The van der Waals surface area contributed by atoms with Gasteiger partial charge in [-0.2, -0.15) is 0 Å². The lowest BCUT2D eigenvalue weighted by Crippen LogP contribution is -2.34. The second-order valence-corrected chi connectivity index (χ2v) is 4.62. The molecular weight excluding hydrogens is 268 g/mol. The van der Waals surface area contributed by atoms with Crippen molar-refractivity contribution in [1.82, 2.24) is 4.90 Å². The number of likely N-dealkylation sites (N-methyl/N-ethyl adjacent to an activating group) is 1. The van der Waals surface area contributed by atoms with Crippen LogP contribution in [0.2, 0.25) is 0 Å². The third kappa shape index (κ3) is 4.36. The molecule has 0 spiro atoms. The second kappa shape index (κ2) is 7.50. The van der Waals surface area contributed by atoms with Gasteiger partial charge in [-0.25, -0.2) is 0 Å². The molecular formula is C16H20N2O3. The van der Waals surface area contributed by atoms with Crippen molar-refractivity contribution in [2.24, 2.45) is 5.73 Å². The van der Waals surface area contributed by atoms with Crippen LogP contribution in [0, 0.1) is 0 Å². The number of furan rings is 1. The largest absolute Gasteiger partial charge is 0.484 e. The molecule has 0 unspecified atom stereocenters. The molecule has 0 saturated carbocycles. The molecule has 1 amide bonds. The van der Waals surface area contributed by atoms with Crippen LogP contribution >= 0.6 is 0 Å². The molecule has 1 heterocycles. The Morgan fingerprint density at radius 3 is 2.62 bits per heavy atom. The van der Waals surface area contributed by atoms with Gasteiger partial charge in [-0.15, -0.1) is 0 Å². The third-order valence-electron chi connectivity index (χ3n) is 3.18. The van der Waals surface area contributed by atoms with Gasteiger partial charge in [0, 0.05) is 13.1 Å². The van der Waals surface area contributed by atoms with Crippen molar-refractivity contribution >= 4 is 5.91 Å². The molecule has 0 fully saturated rings. The Morgan fingerprint density at radius 1 is 1.29 bits per heavy atom. The summed E-state index contributed by atoms with van der Waals surface area (Å²) < 4.78 is 10.8. The molecule has 2 aromatic rings. The molecule has 2 rings (SSSR count). The van der Waals surface area contributed by atoms with E-state index in [1.165, 1.54) is 0 Å². The van der Waals surface area contributed by atoms with E-state index in [4.69, 9.17) is 14.9 Å². The molecule has 5 nitrogen and oxygen atoms in total. The maximum Gasteiger partial charge on any atom is 0.260 e. The SMILES string of the molecule is CCN(Cc1ccco1)C(=O)COc1ccc(CN)cc1. The summed E-state index contributed by atoms with van der Waals surface area (Å²) in [5.41, 5.74) is 6.56. The van der Waals surface area contributed by atoms with Gasteiger partial charge in [0.05, 0.1) is 12.8 Å². The fraction of sp³-hybridized carbons (Fsp3) is 0.312. The van der Waals surface area contributed by atoms with E-state index < -0.39 is 0 Å². The molecule has 0 radical (unpaired) electrons. The number of benzene rings is 1. The molecule has 0 saturated heterocycles. The van der Waals surface area contributed by atoms with Crippen molar-refractivity contribution in [3.63, 3.8) is 0 Å². The predicted octanol–water partition coefficient (Wildman–Crippen LogP) is 2.17. The van der Waals surface area contributed by atoms with Crippen LogP contribution < -0.4 is 10.5 Å². The summed E-state index contributed by atoms with van der Waals surface area (Å²) in [6, 6.07) is 11.1. The molecule has 112 valence electrons. The normalized spacial score (nSPS) is 10.4. The van der Waals surface area contributed by atoms with Gasteiger partial charge in [0.1, 0.15) is 11.5 Å². The van der Waals surface area contributed by atoms with Crippen molar-refractivity contribution in [1.29, 1.82) is 0 Å². The Balaban J connectivity index is 1.86. The number of hydrogen-bond acceptors (Lipinski definition) is 4. The zero-order valence-corrected chi connectivity index (χ0v) is 12.1. The lowest BCUT2D eigenvalue weighted by atomic mass is 10.2. The molecule has 0 atom stereocenters. The lowest BCUT2D eigenvalue weighted by Gasteiger charge is -2.19. The first-order valence-corrected chi connectivity index (χ1v) is 6.95. The van der Waals surface area contributed by atoms with Crippen molar-refractivity contribution in [3.05, 3.63) is 54.0 Å². The summed E-state index contributed by atoms with van der Waals surface area (Å²) in [5.74, 6) is 1.35. The van der Waals surface area contributed by atoms with Gasteiger partial charge >= 0.3 is 0 Å². The molecule has 5 heteroatoms. The molecule has 0 aliphatic carbocycles. The van der Waals surface area contributed by atoms with E-state index in [0.29, 0.717) is 25.4 Å². The summed E-state index contributed by atoms with van der Waals surface area (Å²) >= 11 is 0. The summed E-state index contributed by atoms with van der Waals surface area (Å²) in [4.78, 5) is 13.8. The topological polar surface area (TPSA) is 68.7 Å². The third-order valence-corrected chi connectivity index (χ3v) is 3.18. The Morgan fingerprint density at radius 2 is 2.05 bits per heavy atom. The molecule has 2 N–H and O–H groups in total. The molecule has 0 bridgehead atoms. The molecule has 0 aliphatic heterocycles. The van der Waals surface area contributed by atoms with Crippen LogP contribution in [0.4, 0.5) is 0 Å².